The molecule has 1 aliphatic carbocycles. The maximum Gasteiger partial charge on any atom is 0.0679 e. The second-order valence-corrected chi connectivity index (χ2v) is 8.48. The van der Waals surface area contributed by atoms with Gasteiger partial charge in [0.15, 0.2) is 0 Å². The van der Waals surface area contributed by atoms with Crippen molar-refractivity contribution in [1.29, 1.82) is 0 Å². The molecule has 20 heavy (non-hydrogen) atoms. The molecule has 3 unspecified atom stereocenters. The zero-order chi connectivity index (χ0) is 14.8. The van der Waals surface area contributed by atoms with Gasteiger partial charge in [-0.15, -0.1) is 0 Å². The van der Waals surface area contributed by atoms with E-state index < -0.39 is 0 Å². The summed E-state index contributed by atoms with van der Waals surface area (Å²) in [6.45, 7) is 13.4. The van der Waals surface area contributed by atoms with Crippen LogP contribution in [0, 0.1) is 11.3 Å². The van der Waals surface area contributed by atoms with Crippen molar-refractivity contribution in [3.63, 3.8) is 0 Å². The summed E-state index contributed by atoms with van der Waals surface area (Å²) in [7, 11) is 0. The number of aliphatic hydroxyl groups excluding tert-OH is 1. The second-order valence-electron chi connectivity index (χ2n) is 8.48. The predicted molar refractivity (Wildman–Crippen MR) is 84.9 cm³/mol. The Bertz CT molecular complexity index is 313. The third-order valence-electron chi connectivity index (χ3n) is 4.99. The van der Waals surface area contributed by atoms with E-state index in [9.17, 15) is 5.11 Å². The molecule has 1 saturated carbocycles. The van der Waals surface area contributed by atoms with Gasteiger partial charge in [0.2, 0.25) is 0 Å². The Labute approximate surface area is 125 Å². The number of β-amino-alcohol motifs (C(OH)–C–C–N with tert-alkyl or cyclic N) is 1. The Hall–Kier alpha value is -0.120. The molecule has 0 aromatic rings. The van der Waals surface area contributed by atoms with Crippen molar-refractivity contribution >= 4 is 0 Å². The lowest BCUT2D eigenvalue weighted by Gasteiger charge is -2.44. The summed E-state index contributed by atoms with van der Waals surface area (Å²) in [6.07, 6.45) is 6.29. The van der Waals surface area contributed by atoms with Gasteiger partial charge in [-0.2, -0.15) is 0 Å². The molecule has 3 atom stereocenters. The maximum atomic E-state index is 9.77. The van der Waals surface area contributed by atoms with Crippen molar-refractivity contribution in [2.75, 3.05) is 26.2 Å². The molecule has 0 bridgehead atoms. The fourth-order valence-corrected chi connectivity index (χ4v) is 4.01. The highest BCUT2D eigenvalue weighted by atomic mass is 16.3. The largest absolute Gasteiger partial charge is 0.392 e. The van der Waals surface area contributed by atoms with Crippen LogP contribution in [-0.2, 0) is 0 Å². The number of likely N-dealkylation sites (tertiary alicyclic amines) is 1. The summed E-state index contributed by atoms with van der Waals surface area (Å²) < 4.78 is 0. The zero-order valence-electron chi connectivity index (χ0n) is 13.9. The molecule has 2 N–H and O–H groups in total. The molecular weight excluding hydrogens is 248 g/mol. The van der Waals surface area contributed by atoms with Crippen LogP contribution in [0.1, 0.15) is 59.8 Å². The van der Waals surface area contributed by atoms with E-state index in [0.29, 0.717) is 5.41 Å². The fraction of sp³-hybridized carbons (Fsp3) is 1.00. The number of nitrogens with zero attached hydrogens (tertiary/aromatic N) is 1. The minimum Gasteiger partial charge on any atom is -0.392 e. The molecule has 3 nitrogen and oxygen atoms in total. The summed E-state index contributed by atoms with van der Waals surface area (Å²) in [6, 6.07) is 0. The molecule has 118 valence electrons. The van der Waals surface area contributed by atoms with Crippen molar-refractivity contribution in [3.05, 3.63) is 0 Å². The topological polar surface area (TPSA) is 35.5 Å². The van der Waals surface area contributed by atoms with Gasteiger partial charge in [0, 0.05) is 31.7 Å². The molecule has 2 aliphatic rings. The van der Waals surface area contributed by atoms with Crippen molar-refractivity contribution in [3.8, 4) is 0 Å². The van der Waals surface area contributed by atoms with E-state index in [2.05, 4.69) is 37.9 Å². The molecule has 0 radical (unpaired) electrons. The molecule has 1 saturated heterocycles. The summed E-state index contributed by atoms with van der Waals surface area (Å²) in [5, 5.41) is 13.5. The Morgan fingerprint density at radius 3 is 2.60 bits per heavy atom. The van der Waals surface area contributed by atoms with Gasteiger partial charge in [0.1, 0.15) is 0 Å². The van der Waals surface area contributed by atoms with Gasteiger partial charge in [-0.05, 0) is 51.4 Å². The lowest BCUT2D eigenvalue weighted by atomic mass is 9.69. The van der Waals surface area contributed by atoms with Crippen molar-refractivity contribution in [2.45, 2.75) is 71.4 Å². The number of hydrogen-bond acceptors (Lipinski definition) is 3. The molecule has 0 amide bonds. The second kappa shape index (κ2) is 6.33. The summed E-state index contributed by atoms with van der Waals surface area (Å²) in [5.41, 5.74) is 0.604. The smallest absolute Gasteiger partial charge is 0.0679 e. The zero-order valence-corrected chi connectivity index (χ0v) is 13.9. The lowest BCUT2D eigenvalue weighted by molar-refractivity contribution is 0.0765. The van der Waals surface area contributed by atoms with Gasteiger partial charge in [-0.3, -0.25) is 0 Å². The van der Waals surface area contributed by atoms with Crippen LogP contribution >= 0.6 is 0 Å². The molecular formula is C17H34N2O. The fourth-order valence-electron chi connectivity index (χ4n) is 4.01. The standard InChI is InChI=1S/C17H34N2O/c1-14-6-5-8-17(10-14,12-18-16(2,3)4)13-19-9-7-15(20)11-19/h14-15,18,20H,5-13H2,1-4H3. The number of hydrogen-bond donors (Lipinski definition) is 2. The highest BCUT2D eigenvalue weighted by Crippen LogP contribution is 2.40. The van der Waals surface area contributed by atoms with Crippen LogP contribution in [-0.4, -0.2) is 47.8 Å². The van der Waals surface area contributed by atoms with Gasteiger partial charge >= 0.3 is 0 Å². The van der Waals surface area contributed by atoms with Crippen LogP contribution in [0.25, 0.3) is 0 Å². The quantitative estimate of drug-likeness (QED) is 0.832. The van der Waals surface area contributed by atoms with Gasteiger partial charge in [0.05, 0.1) is 6.10 Å². The van der Waals surface area contributed by atoms with Crippen LogP contribution in [0.4, 0.5) is 0 Å². The maximum absolute atomic E-state index is 9.77. The summed E-state index contributed by atoms with van der Waals surface area (Å²) in [5.74, 6) is 0.845. The Morgan fingerprint density at radius 2 is 2.05 bits per heavy atom. The van der Waals surface area contributed by atoms with Crippen LogP contribution in [0.2, 0.25) is 0 Å². The number of rotatable bonds is 4. The predicted octanol–water partition coefficient (Wildman–Crippen LogP) is 2.64. The number of aliphatic hydroxyl groups is 1. The first-order valence-corrected chi connectivity index (χ1v) is 8.43. The van der Waals surface area contributed by atoms with Crippen LogP contribution in [0.15, 0.2) is 0 Å². The molecule has 0 aromatic carbocycles. The normalized spacial score (nSPS) is 36.5. The molecule has 2 fully saturated rings. The minimum atomic E-state index is -0.0939. The van der Waals surface area contributed by atoms with Gasteiger partial charge in [0.25, 0.3) is 0 Å². The first kappa shape index (κ1) is 16.3. The Morgan fingerprint density at radius 1 is 1.30 bits per heavy atom. The Balaban J connectivity index is 1.99. The van der Waals surface area contributed by atoms with Crippen molar-refractivity contribution < 1.29 is 5.11 Å². The van der Waals surface area contributed by atoms with Crippen LogP contribution in [0.5, 0.6) is 0 Å². The lowest BCUT2D eigenvalue weighted by Crippen LogP contribution is -2.50. The SMILES string of the molecule is CC1CCCC(CNC(C)(C)C)(CN2CCC(O)C2)C1. The first-order valence-electron chi connectivity index (χ1n) is 8.43. The Kier molecular flexibility index (Phi) is 5.14. The summed E-state index contributed by atoms with van der Waals surface area (Å²) in [4.78, 5) is 2.49. The average Bonchev–Trinajstić information content (AvgIpc) is 2.71. The van der Waals surface area contributed by atoms with Crippen LogP contribution in [0.3, 0.4) is 0 Å². The summed E-state index contributed by atoms with van der Waals surface area (Å²) >= 11 is 0. The third kappa shape index (κ3) is 4.71. The van der Waals surface area contributed by atoms with E-state index in [4.69, 9.17) is 0 Å². The molecule has 1 heterocycles. The third-order valence-corrected chi connectivity index (χ3v) is 4.99. The van der Waals surface area contributed by atoms with Gasteiger partial charge in [-0.1, -0.05) is 19.8 Å². The van der Waals surface area contributed by atoms with E-state index in [-0.39, 0.29) is 11.6 Å². The van der Waals surface area contributed by atoms with E-state index in [1.54, 1.807) is 0 Å². The van der Waals surface area contributed by atoms with Crippen LogP contribution < -0.4 is 5.32 Å². The van der Waals surface area contributed by atoms with E-state index in [1.807, 2.05) is 0 Å². The molecule has 2 rings (SSSR count). The first-order chi connectivity index (χ1) is 9.28. The molecule has 0 aromatic heterocycles. The van der Waals surface area contributed by atoms with Crippen molar-refractivity contribution in [2.24, 2.45) is 11.3 Å². The van der Waals surface area contributed by atoms with E-state index >= 15 is 0 Å². The highest BCUT2D eigenvalue weighted by Gasteiger charge is 2.38. The molecule has 1 aliphatic heterocycles. The van der Waals surface area contributed by atoms with Gasteiger partial charge in [-0.25, -0.2) is 0 Å². The monoisotopic (exact) mass is 282 g/mol. The average molecular weight is 282 g/mol. The molecule has 3 heteroatoms. The molecule has 0 spiro atoms. The minimum absolute atomic E-state index is 0.0939. The van der Waals surface area contributed by atoms with E-state index in [1.165, 1.54) is 25.7 Å². The van der Waals surface area contributed by atoms with Crippen molar-refractivity contribution in [1.82, 2.24) is 10.2 Å². The number of nitrogens with one attached hydrogen (secondary N) is 1. The highest BCUT2D eigenvalue weighted by molar-refractivity contribution is 4.93. The van der Waals surface area contributed by atoms with E-state index in [0.717, 1.165) is 38.5 Å². The van der Waals surface area contributed by atoms with Gasteiger partial charge < -0.3 is 15.3 Å².